The maximum absolute atomic E-state index is 12.7. The number of hydrogen-bond acceptors (Lipinski definition) is 35. The van der Waals surface area contributed by atoms with Gasteiger partial charge in [0.05, 0.1) is 79.2 Å². The molecule has 17 heterocycles. The highest BCUT2D eigenvalue weighted by molar-refractivity contribution is 7.09. The third-order valence-electron chi connectivity index (χ3n) is 21.3. The maximum atomic E-state index is 12.7. The molecular formula is C95H84N32O12S. The zero-order chi connectivity index (χ0) is 96.2. The number of hydrogen-bond donors (Lipinski definition) is 5. The van der Waals surface area contributed by atoms with Crippen molar-refractivity contribution in [3.05, 3.63) is 296 Å². The Morgan fingerprint density at radius 2 is 0.679 bits per heavy atom. The first kappa shape index (κ1) is 92.2. The van der Waals surface area contributed by atoms with Crippen LogP contribution in [0.5, 0.6) is 0 Å². The van der Waals surface area contributed by atoms with Gasteiger partial charge in [-0.15, -0.1) is 11.3 Å². The maximum Gasteiger partial charge on any atom is 0.316 e. The number of imidazole rings is 5. The number of aliphatic hydroxyl groups excluding tert-OH is 1. The molecule has 5 N–H and O–H groups in total. The van der Waals surface area contributed by atoms with Crippen LogP contribution in [0.15, 0.2) is 284 Å². The van der Waals surface area contributed by atoms with Crippen molar-refractivity contribution in [2.45, 2.75) is 13.5 Å². The van der Waals surface area contributed by atoms with E-state index in [0.29, 0.717) is 74.0 Å². The molecule has 702 valence electrons. The summed E-state index contributed by atoms with van der Waals surface area (Å²) >= 11 is 1.57. The number of fused-ring (bicyclic) bond motifs is 5. The Hall–Kier alpha value is -18.2. The van der Waals surface area contributed by atoms with Gasteiger partial charge in [0.15, 0.2) is 28.2 Å². The number of amides is 5. The van der Waals surface area contributed by atoms with Crippen molar-refractivity contribution in [1.82, 2.24) is 160 Å². The van der Waals surface area contributed by atoms with E-state index in [0.717, 1.165) is 138 Å². The molecular weight excluding hydrogens is 1810 g/mol. The van der Waals surface area contributed by atoms with E-state index in [1.807, 2.05) is 249 Å². The molecule has 0 aliphatic carbocycles. The molecule has 22 rings (SSSR count). The summed E-state index contributed by atoms with van der Waals surface area (Å²) in [5, 5.41) is 62.1. The fourth-order valence-corrected chi connectivity index (χ4v) is 14.9. The van der Waals surface area contributed by atoms with E-state index < -0.39 is 17.7 Å². The van der Waals surface area contributed by atoms with Crippen LogP contribution < -0.4 is 21.3 Å². The minimum atomic E-state index is -0.527. The summed E-state index contributed by atoms with van der Waals surface area (Å²) in [5.41, 5.74) is 15.8. The lowest BCUT2D eigenvalue weighted by molar-refractivity contribution is 0.0594. The van der Waals surface area contributed by atoms with Crippen LogP contribution in [-0.4, -0.2) is 266 Å². The van der Waals surface area contributed by atoms with Crippen LogP contribution in [-0.2, 0) is 11.3 Å². The van der Waals surface area contributed by atoms with E-state index in [2.05, 4.69) is 134 Å². The van der Waals surface area contributed by atoms with E-state index in [1.54, 1.807) is 76.9 Å². The summed E-state index contributed by atoms with van der Waals surface area (Å²) < 4.78 is 39.0. The fraction of sp³-hybridized carbons (Fsp3) is 0.168. The summed E-state index contributed by atoms with van der Waals surface area (Å²) in [6.45, 7) is 8.55. The van der Waals surface area contributed by atoms with Crippen molar-refractivity contribution < 1.29 is 56.4 Å². The topological polar surface area (TPSA) is 518 Å². The lowest BCUT2D eigenvalue weighted by Gasteiger charge is -2.33. The van der Waals surface area contributed by atoms with Gasteiger partial charge in [-0.3, -0.25) is 24.0 Å². The van der Waals surface area contributed by atoms with Crippen LogP contribution in [0.4, 0.5) is 0 Å². The number of carbonyl (C=O) groups excluding carboxylic acids is 5. The first-order valence-corrected chi connectivity index (χ1v) is 44.6. The average molecular weight is 1900 g/mol. The Morgan fingerprint density at radius 1 is 0.371 bits per heavy atom. The van der Waals surface area contributed by atoms with Gasteiger partial charge in [-0.25, -0.2) is 47.5 Å². The van der Waals surface area contributed by atoms with E-state index in [-0.39, 0.29) is 54.4 Å². The predicted molar refractivity (Wildman–Crippen MR) is 507 cm³/mol. The number of likely N-dealkylation sites (N-methyl/N-ethyl adjacent to an activating group) is 2. The quantitative estimate of drug-likeness (QED) is 0.0314. The average Bonchev–Trinajstić information content (AvgIpc) is 1.66. The zero-order valence-electron chi connectivity index (χ0n) is 75.2. The van der Waals surface area contributed by atoms with Crippen LogP contribution in [0.25, 0.3) is 141 Å². The number of aromatic nitrogens is 25. The van der Waals surface area contributed by atoms with E-state index in [1.165, 1.54) is 0 Å². The Balaban J connectivity index is 0.000000116. The molecule has 0 unspecified atom stereocenters. The molecule has 0 bridgehead atoms. The number of benzene rings is 5. The third-order valence-corrected chi connectivity index (χ3v) is 22.2. The lowest BCUT2D eigenvalue weighted by atomic mass is 10.1. The molecule has 1 saturated heterocycles. The number of thiophene rings is 1. The second kappa shape index (κ2) is 43.4. The summed E-state index contributed by atoms with van der Waals surface area (Å²) in [6, 6.07) is 60.4. The zero-order valence-corrected chi connectivity index (χ0v) is 76.0. The van der Waals surface area contributed by atoms with Crippen LogP contribution in [0.3, 0.4) is 0 Å². The molecule has 1 aliphatic rings. The minimum absolute atomic E-state index is 0.0253. The normalized spacial score (nSPS) is 11.9. The Kier molecular flexibility index (Phi) is 28.6. The predicted octanol–water partition coefficient (Wildman–Crippen LogP) is 10.4. The molecule has 5 amide bonds. The number of ether oxygens (including phenoxy) is 1. The van der Waals surface area contributed by atoms with Gasteiger partial charge in [0, 0.05) is 151 Å². The molecule has 45 heteroatoms. The monoisotopic (exact) mass is 1900 g/mol. The summed E-state index contributed by atoms with van der Waals surface area (Å²) in [4.78, 5) is 112. The molecule has 1 aliphatic heterocycles. The van der Waals surface area contributed by atoms with Crippen molar-refractivity contribution in [3.8, 4) is 113 Å². The van der Waals surface area contributed by atoms with E-state index >= 15 is 0 Å². The Bertz CT molecular complexity index is 7710. The highest BCUT2D eigenvalue weighted by Gasteiger charge is 2.28. The van der Waals surface area contributed by atoms with Gasteiger partial charge in [0.2, 0.25) is 29.1 Å². The number of aliphatic hydroxyl groups is 1. The number of carbonyl (C=O) groups is 5. The molecule has 140 heavy (non-hydrogen) atoms. The highest BCUT2D eigenvalue weighted by Crippen LogP contribution is 2.32. The number of nitrogens with one attached hydrogen (secondary N) is 4. The molecule has 16 aromatic heterocycles. The smallest absolute Gasteiger partial charge is 0.316 e. The number of rotatable bonds is 26. The van der Waals surface area contributed by atoms with Gasteiger partial charge in [-0.05, 0) is 123 Å². The van der Waals surface area contributed by atoms with Gasteiger partial charge in [0.1, 0.15) is 0 Å². The van der Waals surface area contributed by atoms with E-state index in [4.69, 9.17) is 32.5 Å². The SMILES string of the molecule is CCN1CCN(C(=O)c2nc(-c3cccc(-c4cn5ncccc5n4)c3)no2)CC1.CN(C)CCNC(=O)c1nc(-c2cccc(-c3cn4ncccc4n3)c2)no1.COCCNC(=O)c1nc(-c2cccc(-c3cn4ncccc4n3)c2)no1.O=C(NCCO)c1nc(-c2cccc(-c3cn4ncccc4n3)c2)no1.O=C(NCc1cccs1)c1nc(-c2cccc(-c3cn4ncccc4n3)c2)no1. The first-order chi connectivity index (χ1) is 68.5. The molecule has 0 saturated carbocycles. The first-order valence-electron chi connectivity index (χ1n) is 43.7. The lowest BCUT2D eigenvalue weighted by Crippen LogP contribution is -2.48. The van der Waals surface area contributed by atoms with Gasteiger partial charge in [-0.1, -0.05) is 130 Å². The van der Waals surface area contributed by atoms with Crippen molar-refractivity contribution in [2.24, 2.45) is 0 Å². The molecule has 5 aromatic carbocycles. The molecule has 21 aromatic rings. The second-order valence-corrected chi connectivity index (χ2v) is 32.1. The van der Waals surface area contributed by atoms with Crippen molar-refractivity contribution in [2.75, 3.05) is 93.3 Å². The Morgan fingerprint density at radius 3 is 0.979 bits per heavy atom. The van der Waals surface area contributed by atoms with Gasteiger partial charge < -0.3 is 68.4 Å². The van der Waals surface area contributed by atoms with Crippen LogP contribution in [0.1, 0.15) is 65.2 Å². The molecule has 44 nitrogen and oxygen atoms in total. The number of methoxy groups -OCH3 is 1. The largest absolute Gasteiger partial charge is 0.395 e. The van der Waals surface area contributed by atoms with Gasteiger partial charge in [0.25, 0.3) is 0 Å². The van der Waals surface area contributed by atoms with Crippen LogP contribution >= 0.6 is 11.3 Å². The molecule has 0 atom stereocenters. The van der Waals surface area contributed by atoms with Gasteiger partial charge >= 0.3 is 59.0 Å². The van der Waals surface area contributed by atoms with Gasteiger partial charge in [-0.2, -0.15) is 50.4 Å². The molecule has 0 spiro atoms. The van der Waals surface area contributed by atoms with Crippen molar-refractivity contribution >= 4 is 69.1 Å². The summed E-state index contributed by atoms with van der Waals surface area (Å²) in [5.74, 6) is -0.625. The minimum Gasteiger partial charge on any atom is -0.395 e. The second-order valence-electron chi connectivity index (χ2n) is 31.1. The highest BCUT2D eigenvalue weighted by atomic mass is 32.1. The molecule has 0 radical (unpaired) electrons. The fourth-order valence-electron chi connectivity index (χ4n) is 14.2. The van der Waals surface area contributed by atoms with Crippen LogP contribution in [0.2, 0.25) is 0 Å². The van der Waals surface area contributed by atoms with Crippen molar-refractivity contribution in [1.29, 1.82) is 0 Å². The van der Waals surface area contributed by atoms with Crippen LogP contribution in [0, 0.1) is 0 Å². The summed E-state index contributed by atoms with van der Waals surface area (Å²) in [6.07, 6.45) is 17.8. The number of nitrogens with zero attached hydrogens (tertiary/aromatic N) is 28. The molecule has 1 fully saturated rings. The Labute approximate surface area is 796 Å². The standard InChI is InChI=1S/C21H21N7O2.C20H14N6O2S.C19H19N7O2.C18H16N6O3.C17H14N6O3/c1-2-26-9-11-27(12-10-26)21(29)20-24-19(25-30-20)16-6-3-5-15(13-16)17-14-28-18(23-17)7-4-8-22-28;27-19(21-11-15-6-3-9-29-15)20-24-18(25-28-20)14-5-1-4-13(10-14)16-12-26-17(23-16)7-2-8-22-26;1-25(2)10-9-20-18(27)19-23-17(24-28-19)14-6-3-5-13(11-14)15-12-26-16(22-15)7-4-8-21-26;1-26-9-8-19-17(25)18-22-16(23-27-18)13-5-2-4-12(10-13)14-11-24-15(21-14)6-3-7-20-24;24-8-7-18-16(25)17-21-15(22-26-17)12-4-1-3-11(9-12)13-10-23-14(20-13)5-2-6-19-23/h3-8,13-14H,2,9-12H2,1H3;1-10,12H,11H2,(H,21,27);3-8,11-12H,9-10H2,1-2H3,(H,20,27);2-7,10-11H,8-9H2,1H3,(H,19,25);1-6,9-10,24H,7-8H2,(H,18,25). The van der Waals surface area contributed by atoms with E-state index in [9.17, 15) is 24.0 Å². The number of piperazine rings is 1. The summed E-state index contributed by atoms with van der Waals surface area (Å²) in [7, 11) is 5.43. The third kappa shape index (κ3) is 22.4. The van der Waals surface area contributed by atoms with Crippen molar-refractivity contribution in [3.63, 3.8) is 0 Å².